The number of likely N-dealkylation sites (N-methyl/N-ethyl adjacent to an activating group) is 1. The number of allylic oxidation sites excluding steroid dienone is 1. The van der Waals surface area contributed by atoms with E-state index in [9.17, 15) is 9.59 Å². The van der Waals surface area contributed by atoms with Crippen molar-refractivity contribution in [2.75, 3.05) is 19.0 Å². The highest BCUT2D eigenvalue weighted by Gasteiger charge is 2.47. The Kier molecular flexibility index (Phi) is 5.53. The van der Waals surface area contributed by atoms with Gasteiger partial charge < -0.3 is 21.1 Å². The lowest BCUT2D eigenvalue weighted by molar-refractivity contribution is -0.123. The van der Waals surface area contributed by atoms with E-state index in [1.54, 1.807) is 7.05 Å². The van der Waals surface area contributed by atoms with Gasteiger partial charge in [-0.25, -0.2) is 9.97 Å². The van der Waals surface area contributed by atoms with Crippen molar-refractivity contribution < 1.29 is 14.3 Å². The molecule has 9 heteroatoms. The molecule has 5 rings (SSSR count). The number of aromatic nitrogens is 2. The molecule has 4 atom stereocenters. The van der Waals surface area contributed by atoms with Crippen LogP contribution in [0.25, 0.3) is 0 Å². The molecule has 1 fully saturated rings. The van der Waals surface area contributed by atoms with Crippen LogP contribution < -0.4 is 21.1 Å². The fourth-order valence-corrected chi connectivity index (χ4v) is 4.95. The molecule has 2 heterocycles. The second-order valence-corrected chi connectivity index (χ2v) is 8.63. The minimum Gasteiger partial charge on any atom is -0.484 e. The van der Waals surface area contributed by atoms with E-state index in [1.807, 2.05) is 30.5 Å². The highest BCUT2D eigenvalue weighted by Crippen LogP contribution is 2.45. The molecule has 2 aliphatic carbocycles. The third-order valence-electron chi connectivity index (χ3n) is 6.51. The summed E-state index contributed by atoms with van der Waals surface area (Å²) >= 11 is 0. The van der Waals surface area contributed by atoms with Crippen molar-refractivity contribution in [3.8, 4) is 5.75 Å². The summed E-state index contributed by atoms with van der Waals surface area (Å²) in [5.74, 6) is 1.61. The van der Waals surface area contributed by atoms with Crippen LogP contribution >= 0.6 is 0 Å². The van der Waals surface area contributed by atoms with Crippen LogP contribution in [0.15, 0.2) is 41.4 Å². The number of nitrogens with zero attached hydrogens (tertiary/aromatic N) is 3. The van der Waals surface area contributed by atoms with Crippen LogP contribution in [0.2, 0.25) is 0 Å². The number of hydrogen-bond acceptors (Lipinski definition) is 7. The maximum Gasteiger partial charge on any atom is 0.257 e. The standard InChI is InChI=1S/C24H26N6O3/c1-26-19(31)12-33-16-4-2-3-13(9-16)10-18-28-17-7-8-27-22(17)24(29-18)30-21-15-6-5-14(11-15)20(21)23(25)32/h2-6,8-9,14-15,20-21H,7,10-12H2,1H3,(H2,25,32)(H,26,31)(H,28,29,30)/t14-,15+,20+,21-/m0/s1. The highest BCUT2D eigenvalue weighted by atomic mass is 16.5. The zero-order valence-electron chi connectivity index (χ0n) is 18.3. The van der Waals surface area contributed by atoms with E-state index in [1.165, 1.54) is 0 Å². The van der Waals surface area contributed by atoms with E-state index in [4.69, 9.17) is 20.4 Å². The van der Waals surface area contributed by atoms with E-state index < -0.39 is 0 Å². The molecule has 0 unspecified atom stereocenters. The highest BCUT2D eigenvalue weighted by molar-refractivity contribution is 5.82. The third-order valence-corrected chi connectivity index (χ3v) is 6.51. The van der Waals surface area contributed by atoms with Crippen LogP contribution in [0, 0.1) is 17.8 Å². The van der Waals surface area contributed by atoms with E-state index in [2.05, 4.69) is 27.8 Å². The number of primary amides is 1. The van der Waals surface area contributed by atoms with Gasteiger partial charge in [-0.05, 0) is 36.0 Å². The van der Waals surface area contributed by atoms with Crippen molar-refractivity contribution in [2.45, 2.75) is 25.3 Å². The number of carbonyl (C=O) groups is 2. The monoisotopic (exact) mass is 446 g/mol. The van der Waals surface area contributed by atoms with Gasteiger partial charge in [0.15, 0.2) is 12.4 Å². The van der Waals surface area contributed by atoms with Crippen LogP contribution in [-0.2, 0) is 22.4 Å². The van der Waals surface area contributed by atoms with Crippen LogP contribution in [0.1, 0.15) is 23.5 Å². The van der Waals surface area contributed by atoms with Gasteiger partial charge in [0.05, 0.1) is 11.6 Å². The maximum atomic E-state index is 12.1. The van der Waals surface area contributed by atoms with Crippen molar-refractivity contribution >= 4 is 29.5 Å². The van der Waals surface area contributed by atoms with Gasteiger partial charge >= 0.3 is 0 Å². The number of fused-ring (bicyclic) bond motifs is 3. The first-order valence-corrected chi connectivity index (χ1v) is 11.1. The summed E-state index contributed by atoms with van der Waals surface area (Å²) in [6, 6.07) is 7.44. The predicted molar refractivity (Wildman–Crippen MR) is 124 cm³/mol. The molecule has 3 aliphatic rings. The SMILES string of the molecule is CNC(=O)COc1cccc(Cc2nc3c(c(N[C@@H]4[C@H](C(N)=O)[C@H]5C=C[C@@H]4C5)n2)N=CC3)c1. The van der Waals surface area contributed by atoms with E-state index in [0.717, 1.165) is 23.4 Å². The number of amides is 2. The minimum absolute atomic E-state index is 0.0419. The molecule has 9 nitrogen and oxygen atoms in total. The van der Waals surface area contributed by atoms with Crippen LogP contribution in [-0.4, -0.2) is 47.7 Å². The number of anilines is 1. The lowest BCUT2D eigenvalue weighted by atomic mass is 9.88. The molecule has 2 amide bonds. The quantitative estimate of drug-likeness (QED) is 0.527. The molecule has 1 aromatic heterocycles. The van der Waals surface area contributed by atoms with E-state index >= 15 is 0 Å². The van der Waals surface area contributed by atoms with Gasteiger partial charge in [-0.2, -0.15) is 0 Å². The normalized spacial score (nSPS) is 24.0. The second-order valence-electron chi connectivity index (χ2n) is 8.63. The Labute approximate surface area is 191 Å². The summed E-state index contributed by atoms with van der Waals surface area (Å²) in [4.78, 5) is 37.6. The molecular weight excluding hydrogens is 420 g/mol. The molecule has 1 aliphatic heterocycles. The Balaban J connectivity index is 1.38. The zero-order valence-corrected chi connectivity index (χ0v) is 18.3. The molecule has 1 aromatic carbocycles. The molecule has 1 saturated carbocycles. The Morgan fingerprint density at radius 3 is 2.88 bits per heavy atom. The van der Waals surface area contributed by atoms with Crippen LogP contribution in [0.5, 0.6) is 5.75 Å². The summed E-state index contributed by atoms with van der Waals surface area (Å²) in [5.41, 5.74) is 8.29. The number of benzene rings is 1. The largest absolute Gasteiger partial charge is 0.484 e. The number of nitrogens with one attached hydrogen (secondary N) is 2. The van der Waals surface area contributed by atoms with Crippen molar-refractivity contribution in [1.29, 1.82) is 0 Å². The van der Waals surface area contributed by atoms with Gasteiger partial charge in [0.2, 0.25) is 5.91 Å². The molecule has 2 aromatic rings. The van der Waals surface area contributed by atoms with Gasteiger partial charge in [-0.3, -0.25) is 14.6 Å². The first-order valence-electron chi connectivity index (χ1n) is 11.1. The summed E-state index contributed by atoms with van der Waals surface area (Å²) in [6.07, 6.45) is 8.16. The van der Waals surface area contributed by atoms with Crippen LogP contribution in [0.3, 0.4) is 0 Å². The van der Waals surface area contributed by atoms with Crippen molar-refractivity contribution in [2.24, 2.45) is 28.5 Å². The van der Waals surface area contributed by atoms with Gasteiger partial charge in [0.1, 0.15) is 17.3 Å². The Morgan fingerprint density at radius 2 is 2.06 bits per heavy atom. The molecule has 0 saturated heterocycles. The number of ether oxygens (including phenoxy) is 1. The Hall–Kier alpha value is -3.75. The maximum absolute atomic E-state index is 12.1. The average molecular weight is 447 g/mol. The molecule has 33 heavy (non-hydrogen) atoms. The molecular formula is C24H26N6O3. The minimum atomic E-state index is -0.285. The smallest absolute Gasteiger partial charge is 0.257 e. The summed E-state index contributed by atoms with van der Waals surface area (Å²) in [7, 11) is 1.57. The molecule has 2 bridgehead atoms. The predicted octanol–water partition coefficient (Wildman–Crippen LogP) is 1.54. The van der Waals surface area contributed by atoms with E-state index in [0.29, 0.717) is 30.2 Å². The fraction of sp³-hybridized carbons (Fsp3) is 0.375. The number of rotatable bonds is 8. The van der Waals surface area contributed by atoms with Crippen molar-refractivity contribution in [3.63, 3.8) is 0 Å². The summed E-state index contributed by atoms with van der Waals surface area (Å²) in [5, 5.41) is 6.03. The average Bonchev–Trinajstić information content (AvgIpc) is 3.54. The van der Waals surface area contributed by atoms with Crippen molar-refractivity contribution in [1.82, 2.24) is 15.3 Å². The second kappa shape index (κ2) is 8.65. The summed E-state index contributed by atoms with van der Waals surface area (Å²) in [6.45, 7) is -0.0419. The molecule has 0 spiro atoms. The van der Waals surface area contributed by atoms with Gasteiger partial charge in [-0.15, -0.1) is 0 Å². The van der Waals surface area contributed by atoms with Crippen molar-refractivity contribution in [3.05, 3.63) is 53.5 Å². The molecule has 0 radical (unpaired) electrons. The Morgan fingerprint density at radius 1 is 1.21 bits per heavy atom. The van der Waals surface area contributed by atoms with Crippen LogP contribution in [0.4, 0.5) is 11.5 Å². The van der Waals surface area contributed by atoms with E-state index in [-0.39, 0.29) is 42.2 Å². The van der Waals surface area contributed by atoms with Gasteiger partial charge in [0.25, 0.3) is 5.91 Å². The van der Waals surface area contributed by atoms with Gasteiger partial charge in [0, 0.05) is 32.1 Å². The molecule has 170 valence electrons. The number of carbonyl (C=O) groups excluding carboxylic acids is 2. The first kappa shape index (κ1) is 21.1. The number of hydrogen-bond donors (Lipinski definition) is 3. The van der Waals surface area contributed by atoms with Gasteiger partial charge in [-0.1, -0.05) is 24.3 Å². The Bertz CT molecular complexity index is 1160. The topological polar surface area (TPSA) is 132 Å². The number of nitrogens with two attached hydrogens (primary N) is 1. The molecule has 4 N–H and O–H groups in total. The lowest BCUT2D eigenvalue weighted by Gasteiger charge is -2.27. The summed E-state index contributed by atoms with van der Waals surface area (Å²) < 4.78 is 5.55. The number of aliphatic imine (C=N–C) groups is 1. The first-order chi connectivity index (χ1) is 16.0. The third kappa shape index (κ3) is 4.18. The zero-order chi connectivity index (χ0) is 22.9. The fourth-order valence-electron chi connectivity index (χ4n) is 4.95. The lowest BCUT2D eigenvalue weighted by Crippen LogP contribution is -2.41.